The van der Waals surface area contributed by atoms with Gasteiger partial charge < -0.3 is 5.32 Å². The van der Waals surface area contributed by atoms with Gasteiger partial charge in [-0.15, -0.1) is 0 Å². The van der Waals surface area contributed by atoms with Crippen LogP contribution in [0.4, 0.5) is 4.79 Å². The number of amides is 3. The number of nitrogens with zero attached hydrogens (tertiary/aromatic N) is 2. The van der Waals surface area contributed by atoms with Crippen molar-refractivity contribution in [1.29, 1.82) is 0 Å². The van der Waals surface area contributed by atoms with Gasteiger partial charge in [0.2, 0.25) is 0 Å². The number of hydrogen-bond donors (Lipinski definition) is 1. The Hall–Kier alpha value is -2.66. The number of benzene rings is 2. The van der Waals surface area contributed by atoms with Gasteiger partial charge in [0.05, 0.1) is 0 Å². The number of piperidine rings is 1. The third-order valence-electron chi connectivity index (χ3n) is 5.91. The lowest BCUT2D eigenvalue weighted by Gasteiger charge is -2.37. The summed E-state index contributed by atoms with van der Waals surface area (Å²) in [7, 11) is 0. The Morgan fingerprint density at radius 1 is 0.964 bits per heavy atom. The molecule has 5 heteroatoms. The number of rotatable bonds is 5. The molecule has 2 aromatic rings. The molecule has 0 radical (unpaired) electrons. The molecule has 5 nitrogen and oxygen atoms in total. The van der Waals surface area contributed by atoms with Crippen LogP contribution in [0.15, 0.2) is 54.6 Å². The summed E-state index contributed by atoms with van der Waals surface area (Å²) in [4.78, 5) is 29.3. The minimum atomic E-state index is -0.711. The average Bonchev–Trinajstić information content (AvgIpc) is 2.92. The van der Waals surface area contributed by atoms with Gasteiger partial charge in [0.15, 0.2) is 0 Å². The number of nitrogens with one attached hydrogen (secondary N) is 1. The molecule has 1 N–H and O–H groups in total. The van der Waals surface area contributed by atoms with Crippen LogP contribution in [0.3, 0.4) is 0 Å². The molecule has 2 fully saturated rings. The molecule has 146 valence electrons. The number of urea groups is 1. The molecule has 3 amide bonds. The van der Waals surface area contributed by atoms with Crippen molar-refractivity contribution in [2.45, 2.75) is 38.3 Å². The van der Waals surface area contributed by atoms with Crippen molar-refractivity contribution >= 4 is 11.9 Å². The zero-order chi connectivity index (χ0) is 19.6. The lowest BCUT2D eigenvalue weighted by molar-refractivity contribution is -0.133. The number of likely N-dealkylation sites (tertiary alicyclic amines) is 1. The van der Waals surface area contributed by atoms with Crippen LogP contribution in [-0.2, 0) is 17.8 Å². The number of aryl methyl sites for hydroxylation is 1. The normalized spacial score (nSPS) is 19.2. The molecular formula is C23H27N3O2. The highest BCUT2D eigenvalue weighted by atomic mass is 16.2. The Kier molecular flexibility index (Phi) is 5.18. The average molecular weight is 377 g/mol. The maximum absolute atomic E-state index is 13.0. The molecule has 0 aliphatic carbocycles. The molecule has 2 aliphatic rings. The van der Waals surface area contributed by atoms with Gasteiger partial charge in [-0.2, -0.15) is 0 Å². The Bertz CT molecular complexity index is 857. The van der Waals surface area contributed by atoms with E-state index < -0.39 is 5.54 Å². The lowest BCUT2D eigenvalue weighted by Crippen LogP contribution is -2.54. The van der Waals surface area contributed by atoms with Gasteiger partial charge in [-0.25, -0.2) is 4.79 Å². The summed E-state index contributed by atoms with van der Waals surface area (Å²) in [5.41, 5.74) is 2.98. The molecule has 4 rings (SSSR count). The van der Waals surface area contributed by atoms with Crippen molar-refractivity contribution in [2.75, 3.05) is 19.6 Å². The standard InChI is InChI=1S/C23H27N3O2/c1-18-6-5-9-20(16-18)17-25-14-11-23(12-15-25)21(27)26(22(28)24-23)13-10-19-7-3-2-4-8-19/h2-9,16H,10-15,17H2,1H3,(H,24,28). The Labute approximate surface area is 166 Å². The van der Waals surface area contributed by atoms with Crippen LogP contribution in [0, 0.1) is 6.92 Å². The molecule has 0 unspecified atom stereocenters. The zero-order valence-electron chi connectivity index (χ0n) is 16.4. The SMILES string of the molecule is Cc1cccc(CN2CCC3(CC2)NC(=O)N(CCc2ccccc2)C3=O)c1. The first-order chi connectivity index (χ1) is 13.6. The topological polar surface area (TPSA) is 52.7 Å². The van der Waals surface area contributed by atoms with Crippen molar-refractivity contribution in [3.8, 4) is 0 Å². The van der Waals surface area contributed by atoms with E-state index in [0.29, 0.717) is 25.8 Å². The van der Waals surface area contributed by atoms with E-state index in [0.717, 1.165) is 25.2 Å². The van der Waals surface area contributed by atoms with Gasteiger partial charge in [-0.05, 0) is 37.3 Å². The highest BCUT2D eigenvalue weighted by Crippen LogP contribution is 2.30. The molecule has 2 aliphatic heterocycles. The quantitative estimate of drug-likeness (QED) is 0.815. The maximum Gasteiger partial charge on any atom is 0.325 e. The van der Waals surface area contributed by atoms with E-state index in [9.17, 15) is 9.59 Å². The van der Waals surface area contributed by atoms with Crippen molar-refractivity contribution in [2.24, 2.45) is 0 Å². The predicted molar refractivity (Wildman–Crippen MR) is 109 cm³/mol. The van der Waals surface area contributed by atoms with E-state index >= 15 is 0 Å². The summed E-state index contributed by atoms with van der Waals surface area (Å²) >= 11 is 0. The van der Waals surface area contributed by atoms with E-state index in [4.69, 9.17) is 0 Å². The first-order valence-corrected chi connectivity index (χ1v) is 10.0. The molecule has 0 atom stereocenters. The molecule has 0 saturated carbocycles. The molecule has 28 heavy (non-hydrogen) atoms. The van der Waals surface area contributed by atoms with Crippen molar-refractivity contribution < 1.29 is 9.59 Å². The summed E-state index contributed by atoms with van der Waals surface area (Å²) in [5, 5.41) is 3.01. The second kappa shape index (κ2) is 7.76. The van der Waals surface area contributed by atoms with Crippen LogP contribution in [-0.4, -0.2) is 46.9 Å². The fourth-order valence-electron chi connectivity index (χ4n) is 4.27. The van der Waals surface area contributed by atoms with Gasteiger partial charge in [0.25, 0.3) is 5.91 Å². The van der Waals surface area contributed by atoms with Crippen molar-refractivity contribution in [3.63, 3.8) is 0 Å². The first kappa shape index (κ1) is 18.7. The Morgan fingerprint density at radius 3 is 2.39 bits per heavy atom. The Morgan fingerprint density at radius 2 is 1.68 bits per heavy atom. The van der Waals surface area contributed by atoms with Crippen LogP contribution in [0.2, 0.25) is 0 Å². The monoisotopic (exact) mass is 377 g/mol. The minimum Gasteiger partial charge on any atom is -0.323 e. The summed E-state index contributed by atoms with van der Waals surface area (Å²) in [6.45, 7) is 5.05. The van der Waals surface area contributed by atoms with Crippen LogP contribution >= 0.6 is 0 Å². The maximum atomic E-state index is 13.0. The smallest absolute Gasteiger partial charge is 0.323 e. The molecule has 1 spiro atoms. The van der Waals surface area contributed by atoms with Crippen LogP contribution in [0.5, 0.6) is 0 Å². The molecule has 2 saturated heterocycles. The summed E-state index contributed by atoms with van der Waals surface area (Å²) in [6, 6.07) is 18.3. The summed E-state index contributed by atoms with van der Waals surface area (Å²) < 4.78 is 0. The Balaban J connectivity index is 1.35. The lowest BCUT2D eigenvalue weighted by atomic mass is 9.87. The van der Waals surface area contributed by atoms with E-state index in [1.54, 1.807) is 0 Å². The van der Waals surface area contributed by atoms with Gasteiger partial charge in [0.1, 0.15) is 5.54 Å². The number of carbonyl (C=O) groups is 2. The molecular weight excluding hydrogens is 350 g/mol. The molecule has 2 heterocycles. The fraction of sp³-hybridized carbons (Fsp3) is 0.391. The number of carbonyl (C=O) groups excluding carboxylic acids is 2. The number of imide groups is 1. The molecule has 0 aromatic heterocycles. The van der Waals surface area contributed by atoms with E-state index in [2.05, 4.69) is 41.4 Å². The minimum absolute atomic E-state index is 0.0522. The number of hydrogen-bond acceptors (Lipinski definition) is 3. The van der Waals surface area contributed by atoms with Gasteiger partial charge in [-0.1, -0.05) is 60.2 Å². The summed E-state index contributed by atoms with van der Waals surface area (Å²) in [6.07, 6.45) is 2.03. The highest BCUT2D eigenvalue weighted by molar-refractivity contribution is 6.07. The largest absolute Gasteiger partial charge is 0.325 e. The second-order valence-electron chi connectivity index (χ2n) is 7.97. The van der Waals surface area contributed by atoms with Crippen molar-refractivity contribution in [1.82, 2.24) is 15.1 Å². The third-order valence-corrected chi connectivity index (χ3v) is 5.91. The molecule has 0 bridgehead atoms. The van der Waals surface area contributed by atoms with Gasteiger partial charge in [0, 0.05) is 26.2 Å². The van der Waals surface area contributed by atoms with E-state index in [-0.39, 0.29) is 11.9 Å². The summed E-state index contributed by atoms with van der Waals surface area (Å²) in [5.74, 6) is -0.0522. The highest BCUT2D eigenvalue weighted by Gasteiger charge is 2.51. The first-order valence-electron chi connectivity index (χ1n) is 10.0. The van der Waals surface area contributed by atoms with E-state index in [1.165, 1.54) is 16.0 Å². The predicted octanol–water partition coefficient (Wildman–Crippen LogP) is 3.12. The second-order valence-corrected chi connectivity index (χ2v) is 7.97. The fourth-order valence-corrected chi connectivity index (χ4v) is 4.27. The van der Waals surface area contributed by atoms with Crippen LogP contribution in [0.1, 0.15) is 29.5 Å². The third kappa shape index (κ3) is 3.80. The van der Waals surface area contributed by atoms with Crippen molar-refractivity contribution in [3.05, 3.63) is 71.3 Å². The van der Waals surface area contributed by atoms with Crippen LogP contribution in [0.25, 0.3) is 0 Å². The van der Waals surface area contributed by atoms with Crippen LogP contribution < -0.4 is 5.32 Å². The van der Waals surface area contributed by atoms with E-state index in [1.807, 2.05) is 30.3 Å². The van der Waals surface area contributed by atoms with Gasteiger partial charge in [-0.3, -0.25) is 14.6 Å². The van der Waals surface area contributed by atoms with Gasteiger partial charge >= 0.3 is 6.03 Å². The zero-order valence-corrected chi connectivity index (χ0v) is 16.4. The molecule has 2 aromatic carbocycles.